The number of anilines is 3. The number of likely N-dealkylation sites (N-methyl/N-ethyl adjacent to an activating group) is 1. The SMILES string of the molecule is CNC(C)C(=O)NC(C(=O)N1CCCC1C(=O)Nc1cc2c(Nc3ccc(F)cc3)ncnc2cc1OC)C(C)(C)C. The third kappa shape index (κ3) is 6.76. The van der Waals surface area contributed by atoms with E-state index in [1.165, 1.54) is 25.6 Å². The highest BCUT2D eigenvalue weighted by Gasteiger charge is 2.42. The van der Waals surface area contributed by atoms with Crippen molar-refractivity contribution in [3.63, 3.8) is 0 Å². The standard InChI is InChI=1S/C30H38FN7O4/c1-17(32-5)27(39)37-25(30(2,3)4)29(41)38-13-7-8-23(38)28(40)36-22-14-20-21(15-24(22)42-6)33-16-34-26(20)35-19-11-9-18(31)10-12-19/h9-12,14-17,23,25,32H,7-8,13H2,1-6H3,(H,36,40)(H,37,39)(H,33,34,35). The van der Waals surface area contributed by atoms with Crippen molar-refractivity contribution in [3.8, 4) is 5.75 Å². The minimum absolute atomic E-state index is 0.292. The summed E-state index contributed by atoms with van der Waals surface area (Å²) in [7, 11) is 3.16. The zero-order chi connectivity index (χ0) is 30.6. The van der Waals surface area contributed by atoms with Crippen LogP contribution in [-0.4, -0.2) is 71.4 Å². The van der Waals surface area contributed by atoms with Crippen LogP contribution < -0.4 is 26.0 Å². The normalized spacial score (nSPS) is 16.5. The molecular formula is C30H38FN7O4. The molecule has 42 heavy (non-hydrogen) atoms. The minimum atomic E-state index is -0.818. The monoisotopic (exact) mass is 579 g/mol. The lowest BCUT2D eigenvalue weighted by molar-refractivity contribution is -0.143. The molecule has 3 amide bonds. The highest BCUT2D eigenvalue weighted by atomic mass is 19.1. The molecule has 1 saturated heterocycles. The van der Waals surface area contributed by atoms with Crippen molar-refractivity contribution in [2.45, 2.75) is 58.7 Å². The van der Waals surface area contributed by atoms with E-state index in [0.717, 1.165) is 0 Å². The van der Waals surface area contributed by atoms with E-state index in [9.17, 15) is 18.8 Å². The average molecular weight is 580 g/mol. The quantitative estimate of drug-likeness (QED) is 0.302. The predicted octanol–water partition coefficient (Wildman–Crippen LogP) is 3.59. The second-order valence-corrected chi connectivity index (χ2v) is 11.4. The number of hydrogen-bond acceptors (Lipinski definition) is 8. The summed E-state index contributed by atoms with van der Waals surface area (Å²) >= 11 is 0. The molecule has 2 aromatic carbocycles. The molecule has 0 saturated carbocycles. The van der Waals surface area contributed by atoms with Gasteiger partial charge < -0.3 is 30.9 Å². The number of carbonyl (C=O) groups is 3. The molecule has 11 nitrogen and oxygen atoms in total. The topological polar surface area (TPSA) is 138 Å². The number of amides is 3. The lowest BCUT2D eigenvalue weighted by atomic mass is 9.85. The number of benzene rings is 2. The highest BCUT2D eigenvalue weighted by Crippen LogP contribution is 2.34. The third-order valence-electron chi connectivity index (χ3n) is 7.39. The first kappa shape index (κ1) is 30.6. The van der Waals surface area contributed by atoms with Crippen LogP contribution in [0, 0.1) is 11.2 Å². The molecule has 224 valence electrons. The fraction of sp³-hybridized carbons (Fsp3) is 0.433. The van der Waals surface area contributed by atoms with E-state index >= 15 is 0 Å². The van der Waals surface area contributed by atoms with Gasteiger partial charge in [0, 0.05) is 23.7 Å². The van der Waals surface area contributed by atoms with Gasteiger partial charge in [-0.1, -0.05) is 20.8 Å². The van der Waals surface area contributed by atoms with Crippen molar-refractivity contribution in [3.05, 3.63) is 48.5 Å². The number of fused-ring (bicyclic) bond motifs is 1. The molecule has 12 heteroatoms. The summed E-state index contributed by atoms with van der Waals surface area (Å²) in [5.74, 6) is -0.474. The lowest BCUT2D eigenvalue weighted by Gasteiger charge is -2.36. The maximum Gasteiger partial charge on any atom is 0.247 e. The summed E-state index contributed by atoms with van der Waals surface area (Å²) in [6.45, 7) is 7.75. The van der Waals surface area contributed by atoms with Crippen LogP contribution in [0.4, 0.5) is 21.6 Å². The van der Waals surface area contributed by atoms with Crippen LogP contribution in [0.3, 0.4) is 0 Å². The number of rotatable bonds is 9. The Hall–Kier alpha value is -4.32. The minimum Gasteiger partial charge on any atom is -0.494 e. The van der Waals surface area contributed by atoms with Gasteiger partial charge in [-0.2, -0.15) is 0 Å². The van der Waals surface area contributed by atoms with E-state index in [1.807, 2.05) is 20.8 Å². The van der Waals surface area contributed by atoms with Crippen LogP contribution >= 0.6 is 0 Å². The Morgan fingerprint density at radius 1 is 1.12 bits per heavy atom. The van der Waals surface area contributed by atoms with Gasteiger partial charge >= 0.3 is 0 Å². The summed E-state index contributed by atoms with van der Waals surface area (Å²) in [6, 6.07) is 7.23. The molecule has 0 aliphatic carbocycles. The van der Waals surface area contributed by atoms with Crippen molar-refractivity contribution in [1.29, 1.82) is 0 Å². The molecule has 3 atom stereocenters. The first-order valence-electron chi connectivity index (χ1n) is 13.9. The Kier molecular flexibility index (Phi) is 9.25. The van der Waals surface area contributed by atoms with E-state index in [2.05, 4.69) is 31.2 Å². The number of carbonyl (C=O) groups excluding carboxylic acids is 3. The van der Waals surface area contributed by atoms with Gasteiger partial charge in [-0.05, 0) is 62.6 Å². The second kappa shape index (κ2) is 12.7. The number of hydrogen-bond donors (Lipinski definition) is 4. The number of nitrogens with zero attached hydrogens (tertiary/aromatic N) is 3. The Bertz CT molecular complexity index is 1460. The molecule has 3 unspecified atom stereocenters. The predicted molar refractivity (Wildman–Crippen MR) is 159 cm³/mol. The van der Waals surface area contributed by atoms with Crippen LogP contribution in [0.2, 0.25) is 0 Å². The van der Waals surface area contributed by atoms with E-state index in [0.29, 0.717) is 53.2 Å². The molecule has 1 fully saturated rings. The largest absolute Gasteiger partial charge is 0.494 e. The van der Waals surface area contributed by atoms with Gasteiger partial charge in [0.05, 0.1) is 24.4 Å². The Morgan fingerprint density at radius 2 is 1.83 bits per heavy atom. The molecular weight excluding hydrogens is 541 g/mol. The van der Waals surface area contributed by atoms with Crippen LogP contribution in [-0.2, 0) is 14.4 Å². The van der Waals surface area contributed by atoms with E-state index in [4.69, 9.17) is 4.74 Å². The summed E-state index contributed by atoms with van der Waals surface area (Å²) < 4.78 is 18.9. The van der Waals surface area contributed by atoms with Crippen LogP contribution in [0.1, 0.15) is 40.5 Å². The van der Waals surface area contributed by atoms with Gasteiger partial charge in [0.1, 0.15) is 35.8 Å². The van der Waals surface area contributed by atoms with Crippen molar-refractivity contribution in [1.82, 2.24) is 25.5 Å². The summed E-state index contributed by atoms with van der Waals surface area (Å²) in [6.07, 6.45) is 2.53. The number of methoxy groups -OCH3 is 1. The summed E-state index contributed by atoms with van der Waals surface area (Å²) in [4.78, 5) is 50.3. The van der Waals surface area contributed by atoms with E-state index in [-0.39, 0.29) is 23.5 Å². The van der Waals surface area contributed by atoms with Crippen molar-refractivity contribution in [2.24, 2.45) is 5.41 Å². The Morgan fingerprint density at radius 3 is 2.48 bits per heavy atom. The third-order valence-corrected chi connectivity index (χ3v) is 7.39. The van der Waals surface area contributed by atoms with E-state index in [1.54, 1.807) is 43.1 Å². The second-order valence-electron chi connectivity index (χ2n) is 11.4. The van der Waals surface area contributed by atoms with E-state index < -0.39 is 23.5 Å². The van der Waals surface area contributed by atoms with Crippen LogP contribution in [0.15, 0.2) is 42.7 Å². The maximum atomic E-state index is 13.8. The molecule has 0 spiro atoms. The van der Waals surface area contributed by atoms with Gasteiger partial charge in [0.25, 0.3) is 0 Å². The maximum absolute atomic E-state index is 13.8. The highest BCUT2D eigenvalue weighted by molar-refractivity contribution is 6.03. The summed E-state index contributed by atoms with van der Waals surface area (Å²) in [5.41, 5.74) is 0.998. The molecule has 0 bridgehead atoms. The smallest absolute Gasteiger partial charge is 0.247 e. The Labute approximate surface area is 244 Å². The first-order chi connectivity index (χ1) is 19.9. The van der Waals surface area contributed by atoms with Crippen LogP contribution in [0.25, 0.3) is 10.9 Å². The Balaban J connectivity index is 1.59. The first-order valence-corrected chi connectivity index (χ1v) is 13.9. The molecule has 1 aliphatic heterocycles. The number of nitrogens with one attached hydrogen (secondary N) is 4. The molecule has 4 rings (SSSR count). The van der Waals surface area contributed by atoms with Gasteiger partial charge in [-0.3, -0.25) is 14.4 Å². The number of ether oxygens (including phenoxy) is 1. The van der Waals surface area contributed by atoms with Gasteiger partial charge in [0.2, 0.25) is 17.7 Å². The molecule has 2 heterocycles. The number of likely N-dealkylation sites (tertiary alicyclic amines) is 1. The number of aromatic nitrogens is 2. The van der Waals surface area contributed by atoms with Gasteiger partial charge in [0.15, 0.2) is 0 Å². The average Bonchev–Trinajstić information content (AvgIpc) is 3.46. The lowest BCUT2D eigenvalue weighted by Crippen LogP contribution is -2.59. The van der Waals surface area contributed by atoms with Gasteiger partial charge in [-0.25, -0.2) is 14.4 Å². The number of halogens is 1. The fourth-order valence-electron chi connectivity index (χ4n) is 4.85. The molecule has 1 aromatic heterocycles. The molecule has 4 N–H and O–H groups in total. The molecule has 0 radical (unpaired) electrons. The van der Waals surface area contributed by atoms with Crippen molar-refractivity contribution in [2.75, 3.05) is 31.3 Å². The van der Waals surface area contributed by atoms with Crippen molar-refractivity contribution < 1.29 is 23.5 Å². The zero-order valence-corrected chi connectivity index (χ0v) is 24.7. The fourth-order valence-corrected chi connectivity index (χ4v) is 4.85. The molecule has 3 aromatic rings. The molecule has 1 aliphatic rings. The zero-order valence-electron chi connectivity index (χ0n) is 24.7. The van der Waals surface area contributed by atoms with Gasteiger partial charge in [-0.15, -0.1) is 0 Å². The van der Waals surface area contributed by atoms with Crippen LogP contribution in [0.5, 0.6) is 5.75 Å². The van der Waals surface area contributed by atoms with Crippen molar-refractivity contribution >= 4 is 45.8 Å². The summed E-state index contributed by atoms with van der Waals surface area (Å²) in [5, 5.41) is 12.5.